The number of rotatable bonds is 7. The van der Waals surface area contributed by atoms with Crippen LogP contribution in [0.3, 0.4) is 0 Å². The van der Waals surface area contributed by atoms with Crippen LogP contribution in [0.5, 0.6) is 0 Å². The molecule has 198 valence electrons. The Hall–Kier alpha value is -2.29. The first-order valence-corrected chi connectivity index (χ1v) is 13.4. The summed E-state index contributed by atoms with van der Waals surface area (Å²) in [4.78, 5) is 43.6. The predicted molar refractivity (Wildman–Crippen MR) is 139 cm³/mol. The van der Waals surface area contributed by atoms with E-state index in [9.17, 15) is 14.4 Å². The molecule has 3 fully saturated rings. The van der Waals surface area contributed by atoms with Gasteiger partial charge in [0.25, 0.3) is 5.91 Å². The highest BCUT2D eigenvalue weighted by Gasteiger charge is 2.53. The van der Waals surface area contributed by atoms with Crippen molar-refractivity contribution in [3.63, 3.8) is 0 Å². The molecule has 2 amide bonds. The number of nitrogens with zero attached hydrogens (tertiary/aromatic N) is 2. The molecule has 36 heavy (non-hydrogen) atoms. The summed E-state index contributed by atoms with van der Waals surface area (Å²) in [6.45, 7) is 11.8. The second-order valence-corrected chi connectivity index (χ2v) is 11.6. The smallest absolute Gasteiger partial charge is 0.251 e. The van der Waals surface area contributed by atoms with Crippen LogP contribution in [0.2, 0.25) is 0 Å². The van der Waals surface area contributed by atoms with Crippen molar-refractivity contribution in [1.82, 2.24) is 20.4 Å². The van der Waals surface area contributed by atoms with Crippen molar-refractivity contribution < 1.29 is 19.1 Å². The molecule has 0 radical (unpaired) electrons. The first-order valence-electron chi connectivity index (χ1n) is 13.4. The van der Waals surface area contributed by atoms with Gasteiger partial charge < -0.3 is 25.2 Å². The number of fused-ring (bicyclic) bond motifs is 1. The molecule has 8 heteroatoms. The maximum Gasteiger partial charge on any atom is 0.251 e. The van der Waals surface area contributed by atoms with Crippen LogP contribution < -0.4 is 10.6 Å². The lowest BCUT2D eigenvalue weighted by Gasteiger charge is -2.35. The van der Waals surface area contributed by atoms with Crippen LogP contribution in [0.25, 0.3) is 0 Å². The monoisotopic (exact) mass is 498 g/mol. The van der Waals surface area contributed by atoms with E-state index in [1.807, 2.05) is 40.0 Å². The lowest BCUT2D eigenvalue weighted by atomic mass is 9.85. The van der Waals surface area contributed by atoms with Crippen LogP contribution >= 0.6 is 0 Å². The predicted octanol–water partition coefficient (Wildman–Crippen LogP) is 2.19. The highest BCUT2D eigenvalue weighted by Crippen LogP contribution is 2.31. The molecule has 1 unspecified atom stereocenters. The van der Waals surface area contributed by atoms with Crippen molar-refractivity contribution >= 4 is 17.6 Å². The number of benzene rings is 1. The normalized spacial score (nSPS) is 26.2. The summed E-state index contributed by atoms with van der Waals surface area (Å²) in [7, 11) is 1.81. The van der Waals surface area contributed by atoms with Crippen molar-refractivity contribution in [1.29, 1.82) is 0 Å². The van der Waals surface area contributed by atoms with E-state index in [2.05, 4.69) is 34.6 Å². The van der Waals surface area contributed by atoms with Crippen LogP contribution in [0.1, 0.15) is 68.8 Å². The maximum absolute atomic E-state index is 13.7. The number of ether oxygens (including phenoxy) is 1. The molecule has 8 nitrogen and oxygen atoms in total. The number of ketones is 1. The third-order valence-corrected chi connectivity index (χ3v) is 8.00. The summed E-state index contributed by atoms with van der Waals surface area (Å²) in [5, 5.41) is 6.15. The van der Waals surface area contributed by atoms with Crippen LogP contribution in [0, 0.1) is 5.41 Å². The number of carbonyl (C=O) groups excluding carboxylic acids is 3. The van der Waals surface area contributed by atoms with Gasteiger partial charge in [-0.1, -0.05) is 39.8 Å². The number of hydrogen-bond donors (Lipinski definition) is 2. The Morgan fingerprint density at radius 1 is 1.14 bits per heavy atom. The zero-order valence-electron chi connectivity index (χ0n) is 22.4. The fourth-order valence-electron chi connectivity index (χ4n) is 5.88. The van der Waals surface area contributed by atoms with Gasteiger partial charge in [0.15, 0.2) is 5.78 Å². The van der Waals surface area contributed by atoms with Gasteiger partial charge in [-0.2, -0.15) is 0 Å². The van der Waals surface area contributed by atoms with E-state index in [0.29, 0.717) is 18.0 Å². The van der Waals surface area contributed by atoms with Gasteiger partial charge in [0, 0.05) is 12.1 Å². The van der Waals surface area contributed by atoms with Gasteiger partial charge in [-0.15, -0.1) is 0 Å². The fourth-order valence-corrected chi connectivity index (χ4v) is 5.88. The number of likely N-dealkylation sites (tertiary alicyclic amines) is 2. The quantitative estimate of drug-likeness (QED) is 0.599. The second-order valence-electron chi connectivity index (χ2n) is 11.6. The van der Waals surface area contributed by atoms with E-state index in [-0.39, 0.29) is 36.4 Å². The summed E-state index contributed by atoms with van der Waals surface area (Å²) in [5.41, 5.74) is 1.28. The summed E-state index contributed by atoms with van der Waals surface area (Å²) < 4.78 is 5.67. The van der Waals surface area contributed by atoms with Gasteiger partial charge in [0.2, 0.25) is 5.91 Å². The minimum Gasteiger partial charge on any atom is -0.366 e. The van der Waals surface area contributed by atoms with E-state index < -0.39 is 17.5 Å². The Morgan fingerprint density at radius 3 is 2.39 bits per heavy atom. The number of hydrogen-bond acceptors (Lipinski definition) is 6. The molecule has 0 saturated carbocycles. The number of amides is 2. The molecule has 4 atom stereocenters. The highest BCUT2D eigenvalue weighted by molar-refractivity contribution is 5.99. The summed E-state index contributed by atoms with van der Waals surface area (Å²) >= 11 is 0. The zero-order chi connectivity index (χ0) is 26.0. The van der Waals surface area contributed by atoms with Gasteiger partial charge >= 0.3 is 0 Å². The van der Waals surface area contributed by atoms with Crippen molar-refractivity contribution in [2.75, 3.05) is 39.8 Å². The molecule has 0 bridgehead atoms. The number of nitrogens with one attached hydrogen (secondary N) is 2. The molecule has 4 rings (SSSR count). The molecule has 3 saturated heterocycles. The minimum absolute atomic E-state index is 0.0216. The Morgan fingerprint density at radius 2 is 1.81 bits per heavy atom. The molecule has 2 N–H and O–H groups in total. The fraction of sp³-hybridized carbons (Fsp3) is 0.679. The molecule has 3 aliphatic heterocycles. The third kappa shape index (κ3) is 5.50. The second kappa shape index (κ2) is 11.0. The molecule has 0 aromatic heterocycles. The Kier molecular flexibility index (Phi) is 8.17. The summed E-state index contributed by atoms with van der Waals surface area (Å²) in [5.74, 6) is -0.0740. The van der Waals surface area contributed by atoms with Crippen molar-refractivity contribution in [2.24, 2.45) is 5.41 Å². The Labute approximate surface area is 215 Å². The molecule has 3 aliphatic rings. The van der Waals surface area contributed by atoms with Gasteiger partial charge in [-0.05, 0) is 75.0 Å². The highest BCUT2D eigenvalue weighted by atomic mass is 16.5. The standard InChI is InChI=1S/C28H42N4O4/c1-6-13-31-14-11-19(12-15-31)18-7-9-20(10-8-18)26(34)30-25(28(2,3)4)27(35)32-16-21(29-5)24-23(32)22(33)17-36-24/h7-10,19,21,23-25,29H,6,11-17H2,1-5H3,(H,30,34)/t21-,23+,24+,25?/m0/s1. The van der Waals surface area contributed by atoms with Gasteiger partial charge in [-0.25, -0.2) is 0 Å². The average Bonchev–Trinajstić information content (AvgIpc) is 3.42. The van der Waals surface area contributed by atoms with Crippen molar-refractivity contribution in [2.45, 2.75) is 77.1 Å². The van der Waals surface area contributed by atoms with Crippen LogP contribution in [-0.2, 0) is 14.3 Å². The Bertz CT molecular complexity index is 949. The molecule has 0 spiro atoms. The first-order chi connectivity index (χ1) is 17.1. The van der Waals surface area contributed by atoms with Crippen LogP contribution in [0.15, 0.2) is 24.3 Å². The number of likely N-dealkylation sites (N-methyl/N-ethyl adjacent to an activating group) is 1. The van der Waals surface area contributed by atoms with E-state index in [0.717, 1.165) is 32.5 Å². The molecular formula is C28H42N4O4. The van der Waals surface area contributed by atoms with Crippen molar-refractivity contribution in [3.05, 3.63) is 35.4 Å². The lowest BCUT2D eigenvalue weighted by Crippen LogP contribution is -2.57. The molecule has 3 heterocycles. The van der Waals surface area contributed by atoms with E-state index in [1.54, 1.807) is 4.90 Å². The number of piperidine rings is 1. The maximum atomic E-state index is 13.7. The zero-order valence-corrected chi connectivity index (χ0v) is 22.4. The molecule has 1 aromatic rings. The largest absolute Gasteiger partial charge is 0.366 e. The third-order valence-electron chi connectivity index (χ3n) is 8.00. The number of Topliss-reactive ketones (excluding diaryl/α,β-unsaturated/α-hetero) is 1. The lowest BCUT2D eigenvalue weighted by molar-refractivity contribution is -0.140. The molecular weight excluding hydrogens is 456 g/mol. The molecule has 0 aliphatic carbocycles. The van der Waals surface area contributed by atoms with Crippen LogP contribution in [-0.4, -0.2) is 91.5 Å². The van der Waals surface area contributed by atoms with Gasteiger partial charge in [0.05, 0.1) is 6.04 Å². The van der Waals surface area contributed by atoms with Gasteiger partial charge in [-0.3, -0.25) is 14.4 Å². The SMILES string of the molecule is CCCN1CCC(c2ccc(C(=O)NC(C(=O)N3C[C@H](NC)[C@H]4OCC(=O)[C@H]43)C(C)(C)C)cc2)CC1. The van der Waals surface area contributed by atoms with Crippen LogP contribution in [0.4, 0.5) is 0 Å². The van der Waals surface area contributed by atoms with E-state index >= 15 is 0 Å². The van der Waals surface area contributed by atoms with Crippen molar-refractivity contribution in [3.8, 4) is 0 Å². The molecule has 1 aromatic carbocycles. The summed E-state index contributed by atoms with van der Waals surface area (Å²) in [6.07, 6.45) is 3.12. The topological polar surface area (TPSA) is 91.0 Å². The minimum atomic E-state index is -0.766. The van der Waals surface area contributed by atoms with Gasteiger partial charge in [0.1, 0.15) is 24.8 Å². The average molecular weight is 499 g/mol. The number of carbonyl (C=O) groups is 3. The van der Waals surface area contributed by atoms with E-state index in [1.165, 1.54) is 12.0 Å². The Balaban J connectivity index is 1.44. The first kappa shape index (κ1) is 26.8. The summed E-state index contributed by atoms with van der Waals surface area (Å²) in [6, 6.07) is 6.37. The van der Waals surface area contributed by atoms with E-state index in [4.69, 9.17) is 4.74 Å².